The molecule has 0 aliphatic carbocycles. The average molecular weight is 373 g/mol. The van der Waals surface area contributed by atoms with Crippen molar-refractivity contribution in [3.8, 4) is 0 Å². The molecular weight excluding hydrogens is 340 g/mol. The molecule has 2 heterocycles. The molecule has 1 aromatic rings. The van der Waals surface area contributed by atoms with Crippen LogP contribution in [-0.4, -0.2) is 65.9 Å². The molecule has 27 heavy (non-hydrogen) atoms. The van der Waals surface area contributed by atoms with E-state index >= 15 is 0 Å². The number of urea groups is 1. The van der Waals surface area contributed by atoms with E-state index in [0.29, 0.717) is 26.2 Å². The van der Waals surface area contributed by atoms with Crippen LogP contribution in [0.15, 0.2) is 30.3 Å². The molecule has 2 fully saturated rings. The van der Waals surface area contributed by atoms with Gasteiger partial charge in [-0.15, -0.1) is 0 Å². The van der Waals surface area contributed by atoms with E-state index in [0.717, 1.165) is 57.3 Å². The van der Waals surface area contributed by atoms with Gasteiger partial charge in [-0.1, -0.05) is 30.3 Å². The number of nitrogens with zero attached hydrogens (tertiary/aromatic N) is 3. The number of rotatable bonds is 6. The summed E-state index contributed by atoms with van der Waals surface area (Å²) in [4.78, 5) is 31.7. The first-order chi connectivity index (χ1) is 13.2. The maximum atomic E-state index is 13.2. The van der Waals surface area contributed by atoms with Crippen LogP contribution < -0.4 is 5.73 Å². The highest BCUT2D eigenvalue weighted by Crippen LogP contribution is 2.22. The van der Waals surface area contributed by atoms with Crippen molar-refractivity contribution in [1.82, 2.24) is 14.7 Å². The molecule has 1 aromatic carbocycles. The van der Waals surface area contributed by atoms with E-state index in [4.69, 9.17) is 5.73 Å². The van der Waals surface area contributed by atoms with Gasteiger partial charge < -0.3 is 20.4 Å². The van der Waals surface area contributed by atoms with Crippen molar-refractivity contribution in [3.63, 3.8) is 0 Å². The van der Waals surface area contributed by atoms with E-state index in [9.17, 15) is 9.59 Å². The van der Waals surface area contributed by atoms with Crippen LogP contribution in [0.5, 0.6) is 0 Å². The third-order valence-corrected chi connectivity index (χ3v) is 5.58. The largest absolute Gasteiger partial charge is 0.338 e. The Hall–Kier alpha value is -2.08. The van der Waals surface area contributed by atoms with Gasteiger partial charge in [0, 0.05) is 39.3 Å². The van der Waals surface area contributed by atoms with Gasteiger partial charge in [-0.05, 0) is 44.2 Å². The second-order valence-electron chi connectivity index (χ2n) is 7.65. The topological polar surface area (TPSA) is 69.9 Å². The molecular formula is C21H32N4O2. The Morgan fingerprint density at radius 2 is 1.74 bits per heavy atom. The molecule has 0 bridgehead atoms. The predicted octanol–water partition coefficient (Wildman–Crippen LogP) is 2.29. The summed E-state index contributed by atoms with van der Waals surface area (Å²) >= 11 is 0. The lowest BCUT2D eigenvalue weighted by Crippen LogP contribution is -2.50. The summed E-state index contributed by atoms with van der Waals surface area (Å²) in [5.74, 6) is 0.0537. The smallest absolute Gasteiger partial charge is 0.320 e. The van der Waals surface area contributed by atoms with Crippen LogP contribution in [0, 0.1) is 5.92 Å². The molecule has 6 nitrogen and oxygen atoms in total. The minimum atomic E-state index is -0.105. The van der Waals surface area contributed by atoms with Gasteiger partial charge in [0.25, 0.3) is 0 Å². The van der Waals surface area contributed by atoms with Crippen LogP contribution in [0.2, 0.25) is 0 Å². The number of hydrogen-bond acceptors (Lipinski definition) is 3. The minimum Gasteiger partial charge on any atom is -0.338 e. The van der Waals surface area contributed by atoms with Crippen molar-refractivity contribution >= 4 is 11.9 Å². The van der Waals surface area contributed by atoms with E-state index in [-0.39, 0.29) is 17.9 Å². The Kier molecular flexibility index (Phi) is 7.10. The molecule has 0 saturated carbocycles. The Morgan fingerprint density at radius 3 is 2.44 bits per heavy atom. The second kappa shape index (κ2) is 9.74. The number of carbonyl (C=O) groups excluding carboxylic acids is 2. The lowest BCUT2D eigenvalue weighted by Gasteiger charge is -2.36. The number of carbonyl (C=O) groups is 2. The lowest BCUT2D eigenvalue weighted by molar-refractivity contribution is -0.137. The molecule has 0 spiro atoms. The highest BCUT2D eigenvalue weighted by atomic mass is 16.2. The van der Waals surface area contributed by atoms with E-state index in [1.54, 1.807) is 0 Å². The van der Waals surface area contributed by atoms with Gasteiger partial charge in [0.15, 0.2) is 0 Å². The quantitative estimate of drug-likeness (QED) is 0.833. The van der Waals surface area contributed by atoms with Crippen LogP contribution in [0.1, 0.15) is 37.7 Å². The van der Waals surface area contributed by atoms with E-state index in [2.05, 4.69) is 0 Å². The Morgan fingerprint density at radius 1 is 1.04 bits per heavy atom. The SMILES string of the molecule is NCCCN(Cc1ccccc1)C(=O)C1CCCN(C(=O)N2CCCC2)C1. The first kappa shape index (κ1) is 19.7. The van der Waals surface area contributed by atoms with E-state index < -0.39 is 0 Å². The van der Waals surface area contributed by atoms with Crippen molar-refractivity contribution in [2.75, 3.05) is 39.3 Å². The summed E-state index contributed by atoms with van der Waals surface area (Å²) in [7, 11) is 0. The second-order valence-corrected chi connectivity index (χ2v) is 7.65. The monoisotopic (exact) mass is 372 g/mol. The third kappa shape index (κ3) is 5.22. The summed E-state index contributed by atoms with van der Waals surface area (Å²) in [6, 6.07) is 10.2. The van der Waals surface area contributed by atoms with Crippen LogP contribution in [0.25, 0.3) is 0 Å². The Bertz CT molecular complexity index is 616. The number of hydrogen-bond donors (Lipinski definition) is 1. The molecule has 0 radical (unpaired) electrons. The molecule has 2 aliphatic heterocycles. The summed E-state index contributed by atoms with van der Waals surface area (Å²) in [5.41, 5.74) is 6.81. The van der Waals surface area contributed by atoms with Gasteiger partial charge in [0.1, 0.15) is 0 Å². The molecule has 1 unspecified atom stereocenters. The molecule has 6 heteroatoms. The molecule has 2 N–H and O–H groups in total. The summed E-state index contributed by atoms with van der Waals surface area (Å²) < 4.78 is 0. The zero-order chi connectivity index (χ0) is 19.1. The fraction of sp³-hybridized carbons (Fsp3) is 0.619. The van der Waals surface area contributed by atoms with E-state index in [1.165, 1.54) is 0 Å². The minimum absolute atomic E-state index is 0.105. The zero-order valence-corrected chi connectivity index (χ0v) is 16.2. The van der Waals surface area contributed by atoms with Crippen LogP contribution in [-0.2, 0) is 11.3 Å². The molecule has 1 atom stereocenters. The van der Waals surface area contributed by atoms with Gasteiger partial charge in [-0.25, -0.2) is 4.79 Å². The van der Waals surface area contributed by atoms with Crippen LogP contribution >= 0.6 is 0 Å². The van der Waals surface area contributed by atoms with Gasteiger partial charge in [0.2, 0.25) is 5.91 Å². The number of amides is 3. The standard InChI is InChI=1S/C21H32N4O2/c22-11-7-15-24(16-18-8-2-1-3-9-18)20(26)19-10-6-14-25(17-19)21(27)23-12-4-5-13-23/h1-3,8-9,19H,4-7,10-17,22H2. The lowest BCUT2D eigenvalue weighted by atomic mass is 9.96. The highest BCUT2D eigenvalue weighted by molar-refractivity contribution is 5.81. The van der Waals surface area contributed by atoms with Crippen LogP contribution in [0.3, 0.4) is 0 Å². The van der Waals surface area contributed by atoms with Gasteiger partial charge in [0.05, 0.1) is 5.92 Å². The molecule has 0 aromatic heterocycles. The zero-order valence-electron chi connectivity index (χ0n) is 16.2. The fourth-order valence-corrected chi connectivity index (χ4v) is 4.07. The highest BCUT2D eigenvalue weighted by Gasteiger charge is 2.33. The van der Waals surface area contributed by atoms with Gasteiger partial charge >= 0.3 is 6.03 Å². The maximum Gasteiger partial charge on any atom is 0.320 e. The summed E-state index contributed by atoms with van der Waals surface area (Å²) in [5, 5.41) is 0. The van der Waals surface area contributed by atoms with Gasteiger partial charge in [-0.2, -0.15) is 0 Å². The number of benzene rings is 1. The third-order valence-electron chi connectivity index (χ3n) is 5.58. The Balaban J connectivity index is 1.63. The number of likely N-dealkylation sites (tertiary alicyclic amines) is 2. The van der Waals surface area contributed by atoms with Crippen molar-refractivity contribution in [1.29, 1.82) is 0 Å². The fourth-order valence-electron chi connectivity index (χ4n) is 4.07. The van der Waals surface area contributed by atoms with E-state index in [1.807, 2.05) is 45.0 Å². The average Bonchev–Trinajstić information content (AvgIpc) is 3.26. The van der Waals surface area contributed by atoms with Crippen molar-refractivity contribution in [2.24, 2.45) is 11.7 Å². The Labute approximate surface area is 162 Å². The number of piperidine rings is 1. The van der Waals surface area contributed by atoms with Crippen molar-refractivity contribution in [3.05, 3.63) is 35.9 Å². The normalized spacial score (nSPS) is 20.0. The first-order valence-electron chi connectivity index (χ1n) is 10.3. The van der Waals surface area contributed by atoms with Gasteiger partial charge in [-0.3, -0.25) is 4.79 Å². The summed E-state index contributed by atoms with van der Waals surface area (Å²) in [6.07, 6.45) is 4.72. The summed E-state index contributed by atoms with van der Waals surface area (Å²) in [6.45, 7) is 4.86. The molecule has 148 valence electrons. The van der Waals surface area contributed by atoms with Crippen molar-refractivity contribution < 1.29 is 9.59 Å². The van der Waals surface area contributed by atoms with Crippen LogP contribution in [0.4, 0.5) is 4.79 Å². The first-order valence-corrected chi connectivity index (χ1v) is 10.3. The number of nitrogens with two attached hydrogens (primary N) is 1. The molecule has 3 amide bonds. The van der Waals surface area contributed by atoms with Crippen molar-refractivity contribution in [2.45, 2.75) is 38.6 Å². The molecule has 3 rings (SSSR count). The predicted molar refractivity (Wildman–Crippen MR) is 106 cm³/mol. The maximum absolute atomic E-state index is 13.2. The molecule has 2 saturated heterocycles. The molecule has 2 aliphatic rings.